The van der Waals surface area contributed by atoms with Gasteiger partial charge in [-0.05, 0) is 80.8 Å². The molecule has 0 radical (unpaired) electrons. The number of hydrogen-bond donors (Lipinski definition) is 2. The Bertz CT molecular complexity index is 2100. The van der Waals surface area contributed by atoms with Crippen molar-refractivity contribution in [1.82, 2.24) is 9.80 Å². The predicted molar refractivity (Wildman–Crippen MR) is 249 cm³/mol. The number of hydrogen-bond acceptors (Lipinski definition) is 12. The maximum atomic E-state index is 13.2. The maximum Gasteiger partial charge on any atom is 0.416 e. The fraction of sp³-hybridized carbons (Fsp3) is 0.477. The largest absolute Gasteiger partial charge is 0.462 e. The highest BCUT2D eigenvalue weighted by atomic mass is 79.9. The average molecular weight is 1040 g/mol. The summed E-state index contributed by atoms with van der Waals surface area (Å²) in [4.78, 5) is 65.5. The molecule has 62 heavy (non-hydrogen) atoms. The monoisotopic (exact) mass is 1040 g/mol. The number of carbonyl (C=O) groups is 5. The van der Waals surface area contributed by atoms with Gasteiger partial charge in [-0.1, -0.05) is 101 Å². The van der Waals surface area contributed by atoms with E-state index in [1.54, 1.807) is 13.0 Å². The van der Waals surface area contributed by atoms with Gasteiger partial charge in [0, 0.05) is 12.8 Å². The summed E-state index contributed by atoms with van der Waals surface area (Å²) in [6.07, 6.45) is 3.04. The molecule has 3 aliphatic heterocycles. The number of cyclic esters (lactones) is 2. The number of ether oxygens (including phenoxy) is 3. The lowest BCUT2D eigenvalue weighted by Gasteiger charge is -2.37. The molecule has 4 amide bonds. The van der Waals surface area contributed by atoms with Crippen LogP contribution in [0, 0.1) is 11.8 Å². The van der Waals surface area contributed by atoms with Crippen LogP contribution in [0.4, 0.5) is 9.59 Å². The van der Waals surface area contributed by atoms with Crippen molar-refractivity contribution in [3.63, 3.8) is 0 Å². The van der Waals surface area contributed by atoms with E-state index in [1.807, 2.05) is 67.6 Å². The van der Waals surface area contributed by atoms with Gasteiger partial charge in [-0.2, -0.15) is 0 Å². The van der Waals surface area contributed by atoms with Crippen LogP contribution in [-0.2, 0) is 59.7 Å². The number of benzene rings is 2. The fourth-order valence-corrected chi connectivity index (χ4v) is 8.17. The molecular formula is C44H55Br2N2O11P2S+. The van der Waals surface area contributed by atoms with Crippen LogP contribution >= 0.6 is 47.8 Å². The molecule has 6 rings (SSSR count). The molecule has 9 atom stereocenters. The molecule has 2 fully saturated rings. The van der Waals surface area contributed by atoms with Crippen LogP contribution < -0.4 is 0 Å². The predicted octanol–water partition coefficient (Wildman–Crippen LogP) is 8.90. The minimum absolute atomic E-state index is 0.0948. The molecule has 0 saturated carbocycles. The first-order valence-electron chi connectivity index (χ1n) is 20.9. The lowest BCUT2D eigenvalue weighted by atomic mass is 9.93. The molecule has 2 N–H and O–H groups in total. The molecule has 0 aliphatic carbocycles. The van der Waals surface area contributed by atoms with Crippen molar-refractivity contribution >= 4 is 89.4 Å². The minimum Gasteiger partial charge on any atom is -0.462 e. The number of imide groups is 2. The molecule has 2 unspecified atom stereocenters. The highest BCUT2D eigenvalue weighted by Crippen LogP contribution is 2.37. The number of rotatable bonds is 15. The van der Waals surface area contributed by atoms with Gasteiger partial charge in [-0.3, -0.25) is 14.4 Å². The van der Waals surface area contributed by atoms with E-state index in [9.17, 15) is 34.2 Å². The van der Waals surface area contributed by atoms with Gasteiger partial charge in [0.25, 0.3) is 0 Å². The Labute approximate surface area is 389 Å². The lowest BCUT2D eigenvalue weighted by Crippen LogP contribution is -2.52. The molecule has 0 bridgehead atoms. The number of furan rings is 1. The van der Waals surface area contributed by atoms with Gasteiger partial charge < -0.3 is 28.8 Å². The zero-order valence-electron chi connectivity index (χ0n) is 36.1. The van der Waals surface area contributed by atoms with Crippen molar-refractivity contribution in [2.75, 3.05) is 13.2 Å². The zero-order valence-corrected chi connectivity index (χ0v) is 41.2. The van der Waals surface area contributed by atoms with Gasteiger partial charge in [-0.25, -0.2) is 19.4 Å². The summed E-state index contributed by atoms with van der Waals surface area (Å²) in [7, 11) is 2.20. The number of nitrogens with zero attached hydrogens (tertiary/aromatic N) is 2. The molecule has 2 saturated heterocycles. The quantitative estimate of drug-likeness (QED) is 0.139. The third-order valence-electron chi connectivity index (χ3n) is 10.7. The Kier molecular flexibility index (Phi) is 19.9. The Morgan fingerprint density at radius 2 is 1.42 bits per heavy atom. The molecule has 3 aliphatic rings. The van der Waals surface area contributed by atoms with E-state index in [0.29, 0.717) is 25.0 Å². The van der Waals surface area contributed by atoms with Crippen LogP contribution in [-0.4, -0.2) is 88.3 Å². The first kappa shape index (κ1) is 49.8. The molecule has 4 heterocycles. The maximum absolute atomic E-state index is 13.2. The number of aliphatic hydroxyl groups excluding tert-OH is 1. The molecule has 0 spiro atoms. The highest BCUT2D eigenvalue weighted by Gasteiger charge is 2.48. The highest BCUT2D eigenvalue weighted by molar-refractivity contribution is 9.11. The van der Waals surface area contributed by atoms with E-state index in [4.69, 9.17) is 19.9 Å². The Morgan fingerprint density at radius 3 is 1.92 bits per heavy atom. The number of aryl methyl sites for hydroxylation is 1. The van der Waals surface area contributed by atoms with Crippen LogP contribution in [0.2, 0.25) is 0 Å². The summed E-state index contributed by atoms with van der Waals surface area (Å²) >= 11 is 11.0. The Balaban J connectivity index is 0.000000255. The molecule has 13 nitrogen and oxygen atoms in total. The van der Waals surface area contributed by atoms with E-state index >= 15 is 0 Å². The van der Waals surface area contributed by atoms with Crippen molar-refractivity contribution in [2.24, 2.45) is 11.8 Å². The molecular weight excluding hydrogens is 986 g/mol. The normalized spacial score (nSPS) is 22.8. The van der Waals surface area contributed by atoms with E-state index in [-0.39, 0.29) is 24.1 Å². The molecule has 18 heteroatoms. The number of ketones is 1. The van der Waals surface area contributed by atoms with E-state index in [0.717, 1.165) is 56.8 Å². The van der Waals surface area contributed by atoms with Crippen molar-refractivity contribution in [1.29, 1.82) is 1.28 Å². The molecule has 336 valence electrons. The first-order chi connectivity index (χ1) is 29.9. The van der Waals surface area contributed by atoms with Crippen LogP contribution in [0.25, 0.3) is 0 Å². The van der Waals surface area contributed by atoms with Gasteiger partial charge in [0.2, 0.25) is 11.8 Å². The lowest BCUT2D eigenvalue weighted by molar-refractivity contribution is -0.217. The van der Waals surface area contributed by atoms with E-state index in [2.05, 4.69) is 59.5 Å². The number of aliphatic hydroxyl groups is 2. The Morgan fingerprint density at radius 1 is 0.919 bits per heavy atom. The third kappa shape index (κ3) is 13.4. The number of unbranched alkanes of at least 4 members (excludes halogenated alkanes) is 2. The number of halogens is 2. The summed E-state index contributed by atoms with van der Waals surface area (Å²) < 4.78 is 29.2. The van der Waals surface area contributed by atoms with E-state index in [1.165, 1.54) is 13.0 Å². The number of carbonyl (C=O) groups excluding carboxylic acids is 5. The van der Waals surface area contributed by atoms with E-state index < -0.39 is 78.7 Å². The molecule has 1 aromatic heterocycles. The van der Waals surface area contributed by atoms with Crippen LogP contribution in [0.5, 0.6) is 0 Å². The zero-order chi connectivity index (χ0) is 46.4. The van der Waals surface area contributed by atoms with Crippen LogP contribution in [0.1, 0.15) is 88.6 Å². The van der Waals surface area contributed by atoms with Crippen molar-refractivity contribution in [3.8, 4) is 0 Å². The minimum atomic E-state index is -1.67. The smallest absolute Gasteiger partial charge is 0.416 e. The van der Waals surface area contributed by atoms with Gasteiger partial charge in [0.05, 0.1) is 41.8 Å². The second-order valence-corrected chi connectivity index (χ2v) is 19.7. The van der Waals surface area contributed by atoms with Gasteiger partial charge in [-0.15, -0.1) is 0 Å². The standard InChI is InChI=1S/C22H26BrNO6.C22H26BrNO5.H2P2S/c1-3-4-10-22(28)18(23)12-17(25)19(30-22)14(2)20(26)24-16(13-29-21(24)27)11-15-8-6-5-7-9-15;1-3-4-10-18-17(23)12-19(29-18)20(25)14(2)21(26)24-16(13-28-22(24)27)11-15-8-6-5-7-9-15;1-2-3/h5-9,12,14,16,19,28H,3-4,10-11,13H2,1-2H3;5-9,12,14,16,20,25H,3-4,10-11,13H2,1-2H3;1H2/p+1/t14-,16-,19-,22+;14-,16-,20-;/m00./s1/i/hT. The second-order valence-electron chi connectivity index (χ2n) is 15.2. The summed E-state index contributed by atoms with van der Waals surface area (Å²) in [5, 5.41) is 21.6. The average Bonchev–Trinajstić information content (AvgIpc) is 3.94. The van der Waals surface area contributed by atoms with Crippen molar-refractivity contribution < 1.29 is 52.8 Å². The van der Waals surface area contributed by atoms with Crippen LogP contribution in [0.3, 0.4) is 0 Å². The Hall–Kier alpha value is -3.20. The van der Waals surface area contributed by atoms with Crippen molar-refractivity contribution in [2.45, 2.75) is 109 Å². The summed E-state index contributed by atoms with van der Waals surface area (Å²) in [6.45, 7) is 6.57. The summed E-state index contributed by atoms with van der Waals surface area (Å²) in [5.74, 6) is -3.87. The molecule has 3 aromatic rings. The van der Waals surface area contributed by atoms with Gasteiger partial charge in [0.15, 0.2) is 30.4 Å². The second kappa shape index (κ2) is 24.8. The van der Waals surface area contributed by atoms with Gasteiger partial charge in [0.1, 0.15) is 36.9 Å². The van der Waals surface area contributed by atoms with Crippen molar-refractivity contribution in [3.05, 3.63) is 104 Å². The SMILES string of the molecule is CCCC[C@@]1(O)O[C@@H]([C@H](C)C(=O)N2C(=O)OC[C@@H]2Cc2ccccc2)C(=O)C=C1Br.CCCCc1oc([C@@H](O)[C@H](C)C(=O)N2C(=O)OC[C@@H]2Cc2ccccc2)cc1Br.[3H][P+](P)=S. The topological polar surface area (TPSA) is 173 Å². The van der Waals surface area contributed by atoms with Gasteiger partial charge >= 0.3 is 13.5 Å². The number of amides is 4. The third-order valence-corrected chi connectivity index (χ3v) is 12.2. The fourth-order valence-electron chi connectivity index (χ4n) is 7.15. The van der Waals surface area contributed by atoms with Crippen LogP contribution in [0.15, 0.2) is 86.2 Å². The first-order valence-corrected chi connectivity index (χ1v) is 25.6. The summed E-state index contributed by atoms with van der Waals surface area (Å²) in [6, 6.07) is 20.0. The summed E-state index contributed by atoms with van der Waals surface area (Å²) in [5.41, 5.74) is 1.98. The molecule has 2 aromatic carbocycles.